The minimum absolute atomic E-state index is 0.00560. The smallest absolute Gasteiger partial charge is 0.357 e. The predicted octanol–water partition coefficient (Wildman–Crippen LogP) is 6.58. The molecular formula is C27H25ClF6N6. The summed E-state index contributed by atoms with van der Waals surface area (Å²) in [6.07, 6.45) is -5.59. The highest BCUT2D eigenvalue weighted by Gasteiger charge is 2.79. The van der Waals surface area contributed by atoms with E-state index in [9.17, 15) is 26.3 Å². The van der Waals surface area contributed by atoms with Crippen molar-refractivity contribution in [3.63, 3.8) is 0 Å². The Kier molecular flexibility index (Phi) is 5.75. The monoisotopic (exact) mass is 582 g/mol. The molecule has 1 saturated heterocycles. The van der Waals surface area contributed by atoms with Gasteiger partial charge in [-0.05, 0) is 68.0 Å². The molecule has 3 aromatic rings. The summed E-state index contributed by atoms with van der Waals surface area (Å²) in [4.78, 5) is 7.82. The van der Waals surface area contributed by atoms with Crippen LogP contribution in [0.25, 0.3) is 5.69 Å². The second-order valence-electron chi connectivity index (χ2n) is 11.6. The first-order valence-electron chi connectivity index (χ1n) is 13.2. The minimum Gasteiger partial charge on any atom is -0.357 e. The first-order chi connectivity index (χ1) is 19.0. The van der Waals surface area contributed by atoms with Gasteiger partial charge in [-0.3, -0.25) is 9.47 Å². The van der Waals surface area contributed by atoms with Gasteiger partial charge in [-0.1, -0.05) is 11.6 Å². The number of alkyl halides is 5. The SMILES string of the molecule is Fc1ccc(N2CCC(c3nnc4n3-c3ccc(Cl)cc3CN(C35CC(C(F)(F)F)(C3)C5)C4)CC2)nc1C(F)F. The van der Waals surface area contributed by atoms with Crippen molar-refractivity contribution in [2.45, 2.75) is 69.3 Å². The van der Waals surface area contributed by atoms with E-state index in [-0.39, 0.29) is 25.2 Å². The molecule has 8 rings (SSSR count). The number of pyridine rings is 1. The summed E-state index contributed by atoms with van der Waals surface area (Å²) >= 11 is 6.35. The third-order valence-electron chi connectivity index (χ3n) is 9.25. The second kappa shape index (κ2) is 8.82. The Morgan fingerprint density at radius 3 is 2.38 bits per heavy atom. The molecule has 1 aromatic carbocycles. The first kappa shape index (κ1) is 26.1. The van der Waals surface area contributed by atoms with Crippen LogP contribution in [0.5, 0.6) is 0 Å². The summed E-state index contributed by atoms with van der Waals surface area (Å²) < 4.78 is 82.8. The van der Waals surface area contributed by atoms with E-state index in [4.69, 9.17) is 11.6 Å². The number of rotatable bonds is 4. The third-order valence-corrected chi connectivity index (χ3v) is 9.49. The number of anilines is 1. The van der Waals surface area contributed by atoms with E-state index >= 15 is 0 Å². The van der Waals surface area contributed by atoms with Gasteiger partial charge in [0.25, 0.3) is 6.43 Å². The highest BCUT2D eigenvalue weighted by Crippen LogP contribution is 2.75. The van der Waals surface area contributed by atoms with Crippen molar-refractivity contribution in [2.75, 3.05) is 18.0 Å². The maximum atomic E-state index is 13.7. The third kappa shape index (κ3) is 3.85. The molecule has 2 aromatic heterocycles. The zero-order valence-electron chi connectivity index (χ0n) is 21.2. The topological polar surface area (TPSA) is 50.1 Å². The van der Waals surface area contributed by atoms with E-state index in [1.54, 1.807) is 6.07 Å². The van der Waals surface area contributed by atoms with Gasteiger partial charge < -0.3 is 4.90 Å². The number of benzene rings is 1. The van der Waals surface area contributed by atoms with Gasteiger partial charge in [0, 0.05) is 36.1 Å². The van der Waals surface area contributed by atoms with Crippen LogP contribution in [0.3, 0.4) is 0 Å². The molecule has 3 saturated carbocycles. The van der Waals surface area contributed by atoms with E-state index in [0.29, 0.717) is 55.7 Å². The van der Waals surface area contributed by atoms with Crippen molar-refractivity contribution >= 4 is 17.4 Å². The summed E-state index contributed by atoms with van der Waals surface area (Å²) in [6.45, 7) is 1.86. The Labute approximate surface area is 230 Å². The summed E-state index contributed by atoms with van der Waals surface area (Å²) in [7, 11) is 0. The maximum Gasteiger partial charge on any atom is 0.394 e. The van der Waals surface area contributed by atoms with Crippen LogP contribution in [0.1, 0.15) is 67.4 Å². The van der Waals surface area contributed by atoms with Crippen LogP contribution in [-0.4, -0.2) is 49.5 Å². The summed E-state index contributed by atoms with van der Waals surface area (Å²) in [5, 5.41) is 9.60. The van der Waals surface area contributed by atoms with Gasteiger partial charge in [0.15, 0.2) is 11.6 Å². The fourth-order valence-electron chi connectivity index (χ4n) is 7.14. The van der Waals surface area contributed by atoms with Gasteiger partial charge in [0.05, 0.1) is 17.6 Å². The molecule has 0 N–H and O–H groups in total. The average molecular weight is 583 g/mol. The molecule has 0 amide bonds. The fraction of sp³-hybridized carbons (Fsp3) is 0.519. The molecule has 2 bridgehead atoms. The average Bonchev–Trinajstić information content (AvgIpc) is 3.18. The Morgan fingerprint density at radius 2 is 1.70 bits per heavy atom. The molecule has 0 spiro atoms. The molecule has 5 aliphatic rings. The Bertz CT molecular complexity index is 1460. The summed E-state index contributed by atoms with van der Waals surface area (Å²) in [5.74, 6) is 0.711. The van der Waals surface area contributed by atoms with Crippen LogP contribution in [-0.2, 0) is 13.1 Å². The van der Waals surface area contributed by atoms with E-state index in [2.05, 4.69) is 20.1 Å². The molecule has 0 radical (unpaired) electrons. The predicted molar refractivity (Wildman–Crippen MR) is 134 cm³/mol. The minimum atomic E-state index is -4.19. The van der Waals surface area contributed by atoms with E-state index in [1.807, 2.05) is 21.6 Å². The quantitative estimate of drug-likeness (QED) is 0.326. The Balaban J connectivity index is 1.15. The van der Waals surface area contributed by atoms with E-state index in [1.165, 1.54) is 6.07 Å². The lowest BCUT2D eigenvalue weighted by Gasteiger charge is -2.73. The molecule has 212 valence electrons. The lowest BCUT2D eigenvalue weighted by atomic mass is 9.38. The largest absolute Gasteiger partial charge is 0.394 e. The highest BCUT2D eigenvalue weighted by molar-refractivity contribution is 6.30. The Morgan fingerprint density at radius 1 is 0.975 bits per heavy atom. The zero-order valence-corrected chi connectivity index (χ0v) is 22.0. The van der Waals surface area contributed by atoms with Crippen molar-refractivity contribution in [3.05, 3.63) is 64.1 Å². The van der Waals surface area contributed by atoms with Gasteiger partial charge in [-0.15, -0.1) is 10.2 Å². The number of hydrogen-bond donors (Lipinski definition) is 0. The molecule has 4 heterocycles. The number of halogens is 7. The van der Waals surface area contributed by atoms with Crippen LogP contribution >= 0.6 is 11.6 Å². The van der Waals surface area contributed by atoms with Gasteiger partial charge in [-0.25, -0.2) is 18.2 Å². The molecule has 0 unspecified atom stereocenters. The number of aromatic nitrogens is 4. The van der Waals surface area contributed by atoms with Crippen molar-refractivity contribution in [3.8, 4) is 5.69 Å². The van der Waals surface area contributed by atoms with Gasteiger partial charge >= 0.3 is 6.18 Å². The molecule has 2 aliphatic heterocycles. The number of hydrogen-bond acceptors (Lipinski definition) is 5. The van der Waals surface area contributed by atoms with Crippen LogP contribution < -0.4 is 4.90 Å². The molecular weight excluding hydrogens is 558 g/mol. The van der Waals surface area contributed by atoms with Gasteiger partial charge in [0.1, 0.15) is 17.3 Å². The number of piperidine rings is 1. The summed E-state index contributed by atoms with van der Waals surface area (Å²) in [5.41, 5.74) is -1.14. The number of fused-ring (bicyclic) bond motifs is 3. The van der Waals surface area contributed by atoms with Crippen LogP contribution in [0.4, 0.5) is 32.2 Å². The van der Waals surface area contributed by atoms with Crippen LogP contribution in [0, 0.1) is 11.2 Å². The first-order valence-corrected chi connectivity index (χ1v) is 13.6. The lowest BCUT2D eigenvalue weighted by Crippen LogP contribution is -2.78. The molecule has 0 atom stereocenters. The van der Waals surface area contributed by atoms with E-state index in [0.717, 1.165) is 23.1 Å². The fourth-order valence-corrected chi connectivity index (χ4v) is 7.33. The molecule has 40 heavy (non-hydrogen) atoms. The van der Waals surface area contributed by atoms with Crippen LogP contribution in [0.2, 0.25) is 5.02 Å². The van der Waals surface area contributed by atoms with Crippen molar-refractivity contribution in [1.82, 2.24) is 24.6 Å². The van der Waals surface area contributed by atoms with Crippen LogP contribution in [0.15, 0.2) is 30.3 Å². The molecule has 6 nitrogen and oxygen atoms in total. The molecule has 3 aliphatic carbocycles. The highest BCUT2D eigenvalue weighted by atomic mass is 35.5. The summed E-state index contributed by atoms with van der Waals surface area (Å²) in [6, 6.07) is 7.97. The standard InChI is InChI=1S/C27H25ClF6N6/c28-17-1-3-19-16(9-17)10-39(26-12-25(13-26,14-26)27(32,33)34)11-21-36-37-24(40(19)21)15-5-7-38(8-6-15)20-4-2-18(29)22(35-20)23(30)31/h1-4,9,15,23H,5-8,10-14H2. The van der Waals surface area contributed by atoms with E-state index < -0.39 is 35.1 Å². The normalized spacial score (nSPS) is 26.6. The van der Waals surface area contributed by atoms with Crippen molar-refractivity contribution in [1.29, 1.82) is 0 Å². The van der Waals surface area contributed by atoms with Crippen molar-refractivity contribution < 1.29 is 26.3 Å². The van der Waals surface area contributed by atoms with Crippen molar-refractivity contribution in [2.24, 2.45) is 5.41 Å². The molecule has 4 fully saturated rings. The van der Waals surface area contributed by atoms with Gasteiger partial charge in [0.2, 0.25) is 0 Å². The Hall–Kier alpha value is -2.86. The van der Waals surface area contributed by atoms with Gasteiger partial charge in [-0.2, -0.15) is 13.2 Å². The second-order valence-corrected chi connectivity index (χ2v) is 12.0. The number of nitrogens with zero attached hydrogens (tertiary/aromatic N) is 6. The maximum absolute atomic E-state index is 13.7. The molecule has 13 heteroatoms. The zero-order chi connectivity index (χ0) is 28.0. The lowest BCUT2D eigenvalue weighted by molar-refractivity contribution is -0.364.